The molecule has 2 aromatic heterocycles. The number of halogens is 3. The fraction of sp³-hybridized carbons (Fsp3) is 0.130. The Hall–Kier alpha value is -3.39. The van der Waals surface area contributed by atoms with Crippen LogP contribution in [-0.2, 0) is 19.6 Å². The van der Waals surface area contributed by atoms with E-state index in [1.165, 1.54) is 30.6 Å². The molecule has 2 aromatic carbocycles. The van der Waals surface area contributed by atoms with Gasteiger partial charge in [-0.25, -0.2) is 4.79 Å². The van der Waals surface area contributed by atoms with Crippen molar-refractivity contribution in [3.63, 3.8) is 0 Å². The summed E-state index contributed by atoms with van der Waals surface area (Å²) in [5.41, 5.74) is -0.0896. The Morgan fingerprint density at radius 3 is 2.55 bits per heavy atom. The van der Waals surface area contributed by atoms with Crippen molar-refractivity contribution in [1.82, 2.24) is 4.57 Å². The fourth-order valence-corrected chi connectivity index (χ4v) is 4.76. The van der Waals surface area contributed by atoms with E-state index in [0.29, 0.717) is 5.56 Å². The van der Waals surface area contributed by atoms with Crippen molar-refractivity contribution in [3.8, 4) is 11.1 Å². The molecule has 0 radical (unpaired) electrons. The smallest absolute Gasteiger partial charge is 0.421 e. The first-order chi connectivity index (χ1) is 14.6. The first-order valence-corrected chi connectivity index (χ1v) is 10.1. The maximum atomic E-state index is 13.2. The van der Waals surface area contributed by atoms with Gasteiger partial charge in [0.15, 0.2) is 0 Å². The lowest BCUT2D eigenvalue weighted by atomic mass is 10.0. The minimum atomic E-state index is -4.71. The number of thiophene rings is 1. The maximum Gasteiger partial charge on any atom is 0.421 e. The van der Waals surface area contributed by atoms with Crippen LogP contribution in [-0.4, -0.2) is 15.6 Å². The highest BCUT2D eigenvalue weighted by Crippen LogP contribution is 2.36. The van der Waals surface area contributed by atoms with Gasteiger partial charge < -0.3 is 9.67 Å². The second-order valence-electron chi connectivity index (χ2n) is 7.18. The van der Waals surface area contributed by atoms with E-state index in [-0.39, 0.29) is 12.0 Å². The maximum absolute atomic E-state index is 13.2. The molecule has 1 N–H and O–H groups in total. The lowest BCUT2D eigenvalue weighted by molar-refractivity contribution is -0.139. The summed E-state index contributed by atoms with van der Waals surface area (Å²) >= 11 is 1.44. The molecule has 0 saturated carbocycles. The molecule has 4 nitrogen and oxygen atoms in total. The molecule has 4 aromatic rings. The van der Waals surface area contributed by atoms with Gasteiger partial charge in [0.05, 0.1) is 5.56 Å². The molecule has 0 aliphatic heterocycles. The standard InChI is InChI=1S/C23H16F3NO3S/c1-27-12-13(9-19(21(27)28)23(24,25)26)8-17-11-15-5-3-7-18(20(15)31-17)14-4-2-6-16(10-14)22(29)30/h2-7,9-12H,8H2,1H3,(H,29,30). The number of hydrogen-bond donors (Lipinski definition) is 1. The average Bonchev–Trinajstić information content (AvgIpc) is 3.12. The summed E-state index contributed by atoms with van der Waals surface area (Å²) in [7, 11) is 1.31. The van der Waals surface area contributed by atoms with Crippen LogP contribution in [0.3, 0.4) is 0 Å². The normalized spacial score (nSPS) is 11.7. The molecule has 0 saturated heterocycles. The van der Waals surface area contributed by atoms with E-state index in [1.807, 2.05) is 30.3 Å². The summed E-state index contributed by atoms with van der Waals surface area (Å²) in [6.07, 6.45) is -3.06. The number of aromatic nitrogens is 1. The fourth-order valence-electron chi connectivity index (χ4n) is 3.53. The predicted molar refractivity (Wildman–Crippen MR) is 114 cm³/mol. The van der Waals surface area contributed by atoms with Gasteiger partial charge in [-0.05, 0) is 46.3 Å². The van der Waals surface area contributed by atoms with Crippen molar-refractivity contribution in [3.05, 3.63) is 92.7 Å². The Morgan fingerprint density at radius 1 is 1.10 bits per heavy atom. The van der Waals surface area contributed by atoms with E-state index in [9.17, 15) is 27.9 Å². The zero-order valence-electron chi connectivity index (χ0n) is 16.2. The van der Waals surface area contributed by atoms with Crippen molar-refractivity contribution in [2.75, 3.05) is 0 Å². The molecule has 31 heavy (non-hydrogen) atoms. The van der Waals surface area contributed by atoms with E-state index in [4.69, 9.17) is 0 Å². The Labute approximate surface area is 178 Å². The summed E-state index contributed by atoms with van der Waals surface area (Å²) in [6, 6.07) is 15.1. The average molecular weight is 443 g/mol. The molecule has 0 spiro atoms. The van der Waals surface area contributed by atoms with Crippen molar-refractivity contribution in [1.29, 1.82) is 0 Å². The molecule has 0 aliphatic carbocycles. The van der Waals surface area contributed by atoms with E-state index < -0.39 is 23.3 Å². The van der Waals surface area contributed by atoms with E-state index in [0.717, 1.165) is 36.7 Å². The van der Waals surface area contributed by atoms with Crippen LogP contribution in [0.2, 0.25) is 0 Å². The van der Waals surface area contributed by atoms with E-state index in [2.05, 4.69) is 0 Å². The molecule has 0 amide bonds. The molecule has 4 rings (SSSR count). The third-order valence-electron chi connectivity index (χ3n) is 4.94. The molecule has 2 heterocycles. The second kappa shape index (κ2) is 7.70. The highest BCUT2D eigenvalue weighted by molar-refractivity contribution is 7.19. The number of hydrogen-bond acceptors (Lipinski definition) is 3. The van der Waals surface area contributed by atoms with Gasteiger partial charge in [-0.2, -0.15) is 13.2 Å². The lowest BCUT2D eigenvalue weighted by Crippen LogP contribution is -2.27. The predicted octanol–water partition coefficient (Wildman–Crippen LogP) is 5.57. The van der Waals surface area contributed by atoms with Crippen LogP contribution in [0.15, 0.2) is 65.6 Å². The number of carboxylic acids is 1. The third kappa shape index (κ3) is 4.11. The van der Waals surface area contributed by atoms with Crippen molar-refractivity contribution >= 4 is 27.4 Å². The van der Waals surface area contributed by atoms with Gasteiger partial charge in [0.25, 0.3) is 5.56 Å². The van der Waals surface area contributed by atoms with E-state index >= 15 is 0 Å². The quantitative estimate of drug-likeness (QED) is 0.448. The third-order valence-corrected chi connectivity index (χ3v) is 6.12. The zero-order chi connectivity index (χ0) is 22.3. The monoisotopic (exact) mass is 443 g/mol. The number of aryl methyl sites for hydroxylation is 1. The van der Waals surface area contributed by atoms with Crippen LogP contribution < -0.4 is 5.56 Å². The van der Waals surface area contributed by atoms with E-state index in [1.54, 1.807) is 12.1 Å². The molecular formula is C23H16F3NO3S. The molecule has 0 atom stereocenters. The van der Waals surface area contributed by atoms with Crippen LogP contribution in [0.5, 0.6) is 0 Å². The number of pyridine rings is 1. The molecular weight excluding hydrogens is 427 g/mol. The summed E-state index contributed by atoms with van der Waals surface area (Å²) in [5, 5.41) is 10.2. The van der Waals surface area contributed by atoms with Crippen molar-refractivity contribution in [2.45, 2.75) is 12.6 Å². The summed E-state index contributed by atoms with van der Waals surface area (Å²) in [6.45, 7) is 0. The molecule has 0 aliphatic rings. The van der Waals surface area contributed by atoms with Gasteiger partial charge in [0.2, 0.25) is 0 Å². The first kappa shape index (κ1) is 20.9. The summed E-state index contributed by atoms with van der Waals surface area (Å²) in [5.74, 6) is -1.02. The molecule has 0 bridgehead atoms. The van der Waals surface area contributed by atoms with Crippen LogP contribution in [0.4, 0.5) is 13.2 Å². The number of carboxylic acid groups (broad SMARTS) is 1. The van der Waals surface area contributed by atoms with Crippen LogP contribution >= 0.6 is 11.3 Å². The van der Waals surface area contributed by atoms with Gasteiger partial charge in [-0.1, -0.05) is 30.3 Å². The van der Waals surface area contributed by atoms with Gasteiger partial charge in [-0.3, -0.25) is 4.79 Å². The van der Waals surface area contributed by atoms with Gasteiger partial charge in [0, 0.05) is 29.2 Å². The number of benzene rings is 2. The molecule has 0 unspecified atom stereocenters. The van der Waals surface area contributed by atoms with Gasteiger partial charge in [-0.15, -0.1) is 11.3 Å². The topological polar surface area (TPSA) is 59.3 Å². The minimum absolute atomic E-state index is 0.177. The lowest BCUT2D eigenvalue weighted by Gasteiger charge is -2.10. The van der Waals surface area contributed by atoms with Gasteiger partial charge >= 0.3 is 12.1 Å². The second-order valence-corrected chi connectivity index (χ2v) is 8.31. The molecule has 0 fully saturated rings. The van der Waals surface area contributed by atoms with Crippen LogP contribution in [0, 0.1) is 0 Å². The van der Waals surface area contributed by atoms with Crippen LogP contribution in [0.25, 0.3) is 21.2 Å². The number of alkyl halides is 3. The number of fused-ring (bicyclic) bond motifs is 1. The number of carbonyl (C=O) groups is 1. The Bertz CT molecular complexity index is 1370. The molecule has 8 heteroatoms. The highest BCUT2D eigenvalue weighted by atomic mass is 32.1. The number of aromatic carboxylic acids is 1. The van der Waals surface area contributed by atoms with Gasteiger partial charge in [0.1, 0.15) is 5.56 Å². The Kier molecular flexibility index (Phi) is 5.18. The zero-order valence-corrected chi connectivity index (χ0v) is 17.1. The van der Waals surface area contributed by atoms with Crippen LogP contribution in [0.1, 0.15) is 26.4 Å². The number of rotatable bonds is 4. The Morgan fingerprint density at radius 2 is 1.84 bits per heavy atom. The van der Waals surface area contributed by atoms with Crippen molar-refractivity contribution in [2.24, 2.45) is 7.05 Å². The summed E-state index contributed by atoms with van der Waals surface area (Å²) in [4.78, 5) is 24.0. The first-order valence-electron chi connectivity index (χ1n) is 9.25. The summed E-state index contributed by atoms with van der Waals surface area (Å²) < 4.78 is 41.4. The number of nitrogens with zero attached hydrogens (tertiary/aromatic N) is 1. The largest absolute Gasteiger partial charge is 0.478 e. The Balaban J connectivity index is 1.76. The highest BCUT2D eigenvalue weighted by Gasteiger charge is 2.34. The minimum Gasteiger partial charge on any atom is -0.478 e. The van der Waals surface area contributed by atoms with Crippen molar-refractivity contribution < 1.29 is 23.1 Å². The molecule has 158 valence electrons. The SMILES string of the molecule is Cn1cc(Cc2cc3cccc(-c4cccc(C(=O)O)c4)c3s2)cc(C(F)(F)F)c1=O.